The summed E-state index contributed by atoms with van der Waals surface area (Å²) in [5.41, 5.74) is -0.332. The predicted octanol–water partition coefficient (Wildman–Crippen LogP) is -1.44. The van der Waals surface area contributed by atoms with Gasteiger partial charge in [-0.3, -0.25) is 9.59 Å². The van der Waals surface area contributed by atoms with Crippen LogP contribution in [0.25, 0.3) is 0 Å². The Kier molecular flexibility index (Phi) is 4.00. The maximum absolute atomic E-state index is 11.5. The van der Waals surface area contributed by atoms with Crippen LogP contribution in [0, 0.1) is 0 Å². The summed E-state index contributed by atoms with van der Waals surface area (Å²) in [6, 6.07) is 1.09. The number of carbonyl (C=O) groups is 2. The second-order valence-electron chi connectivity index (χ2n) is 3.41. The number of carboxylic acids is 1. The Morgan fingerprint density at radius 2 is 2.18 bits per heavy atom. The van der Waals surface area contributed by atoms with Crippen LogP contribution in [0.4, 0.5) is 0 Å². The number of aliphatic hydroxyl groups is 1. The van der Waals surface area contributed by atoms with Crippen LogP contribution in [0.15, 0.2) is 23.1 Å². The lowest BCUT2D eigenvalue weighted by Crippen LogP contribution is -2.43. The van der Waals surface area contributed by atoms with Gasteiger partial charge in [-0.2, -0.15) is 0 Å². The lowest BCUT2D eigenvalue weighted by atomic mass is 10.2. The number of nitrogens with zero attached hydrogens (tertiary/aromatic N) is 1. The molecule has 0 radical (unpaired) electrons. The number of pyridine rings is 1. The van der Waals surface area contributed by atoms with E-state index in [9.17, 15) is 14.4 Å². The molecule has 0 aromatic carbocycles. The van der Waals surface area contributed by atoms with Crippen molar-refractivity contribution in [1.82, 2.24) is 9.88 Å². The van der Waals surface area contributed by atoms with E-state index in [1.807, 2.05) is 0 Å². The Bertz CT molecular complexity index is 494. The van der Waals surface area contributed by atoms with Crippen molar-refractivity contribution in [2.45, 2.75) is 6.04 Å². The summed E-state index contributed by atoms with van der Waals surface area (Å²) >= 11 is 0. The lowest BCUT2D eigenvalue weighted by Gasteiger charge is -2.11. The largest absolute Gasteiger partial charge is 0.480 e. The topological polar surface area (TPSA) is 109 Å². The van der Waals surface area contributed by atoms with E-state index >= 15 is 0 Å². The van der Waals surface area contributed by atoms with E-state index in [2.05, 4.69) is 5.32 Å². The highest BCUT2D eigenvalue weighted by molar-refractivity contribution is 5.96. The average Bonchev–Trinajstić information content (AvgIpc) is 2.28. The number of carbonyl (C=O) groups excluding carboxylic acids is 1. The van der Waals surface area contributed by atoms with Crippen molar-refractivity contribution in [3.8, 4) is 0 Å². The van der Waals surface area contributed by atoms with Gasteiger partial charge in [-0.25, -0.2) is 4.79 Å². The van der Waals surface area contributed by atoms with Crippen molar-refractivity contribution >= 4 is 11.9 Å². The SMILES string of the molecule is Cn1ccc(C(=O)N[C@H](CO)C(=O)O)cc1=O. The van der Waals surface area contributed by atoms with Crippen molar-refractivity contribution in [3.05, 3.63) is 34.2 Å². The van der Waals surface area contributed by atoms with Gasteiger partial charge in [0.05, 0.1) is 6.61 Å². The van der Waals surface area contributed by atoms with Gasteiger partial charge in [0.25, 0.3) is 11.5 Å². The first-order chi connectivity index (χ1) is 7.95. The van der Waals surface area contributed by atoms with Crippen molar-refractivity contribution in [3.63, 3.8) is 0 Å². The molecule has 0 saturated heterocycles. The average molecular weight is 240 g/mol. The lowest BCUT2D eigenvalue weighted by molar-refractivity contribution is -0.140. The summed E-state index contributed by atoms with van der Waals surface area (Å²) in [4.78, 5) is 33.4. The Labute approximate surface area is 96.3 Å². The third-order valence-corrected chi connectivity index (χ3v) is 2.15. The third kappa shape index (κ3) is 3.15. The van der Waals surface area contributed by atoms with Gasteiger partial charge in [0.15, 0.2) is 6.04 Å². The molecule has 1 atom stereocenters. The van der Waals surface area contributed by atoms with Crippen LogP contribution in [0.3, 0.4) is 0 Å². The van der Waals surface area contributed by atoms with Crippen LogP contribution < -0.4 is 10.9 Å². The van der Waals surface area contributed by atoms with Gasteiger partial charge < -0.3 is 20.1 Å². The number of nitrogens with one attached hydrogen (secondary N) is 1. The zero-order valence-corrected chi connectivity index (χ0v) is 9.08. The predicted molar refractivity (Wildman–Crippen MR) is 57.7 cm³/mol. The van der Waals surface area contributed by atoms with Gasteiger partial charge in [0.1, 0.15) is 0 Å². The maximum atomic E-state index is 11.5. The number of aliphatic carboxylic acids is 1. The zero-order valence-electron chi connectivity index (χ0n) is 9.08. The molecule has 0 unspecified atom stereocenters. The molecule has 0 spiro atoms. The van der Waals surface area contributed by atoms with Crippen LogP contribution in [0.1, 0.15) is 10.4 Å². The van der Waals surface area contributed by atoms with E-state index < -0.39 is 24.5 Å². The molecule has 1 heterocycles. The Morgan fingerprint density at radius 1 is 1.53 bits per heavy atom. The molecule has 0 saturated carbocycles. The van der Waals surface area contributed by atoms with E-state index in [0.717, 1.165) is 6.07 Å². The molecule has 7 heteroatoms. The van der Waals surface area contributed by atoms with E-state index in [-0.39, 0.29) is 11.1 Å². The number of amides is 1. The fourth-order valence-corrected chi connectivity index (χ4v) is 1.12. The molecule has 1 rings (SSSR count). The fourth-order valence-electron chi connectivity index (χ4n) is 1.12. The highest BCUT2D eigenvalue weighted by Gasteiger charge is 2.19. The highest BCUT2D eigenvalue weighted by atomic mass is 16.4. The summed E-state index contributed by atoms with van der Waals surface area (Å²) in [6.45, 7) is -0.716. The minimum absolute atomic E-state index is 0.0489. The summed E-state index contributed by atoms with van der Waals surface area (Å²) < 4.78 is 1.28. The molecule has 3 N–H and O–H groups in total. The van der Waals surface area contributed by atoms with Crippen LogP contribution >= 0.6 is 0 Å². The summed E-state index contributed by atoms with van der Waals surface area (Å²) in [6.07, 6.45) is 1.39. The van der Waals surface area contributed by atoms with Crippen LogP contribution in [-0.2, 0) is 11.8 Å². The molecule has 0 aliphatic rings. The number of hydrogen-bond acceptors (Lipinski definition) is 4. The van der Waals surface area contributed by atoms with Crippen LogP contribution in [-0.4, -0.2) is 39.3 Å². The van der Waals surface area contributed by atoms with Crippen molar-refractivity contribution in [1.29, 1.82) is 0 Å². The number of aliphatic hydroxyl groups excluding tert-OH is 1. The van der Waals surface area contributed by atoms with Crippen molar-refractivity contribution in [2.75, 3.05) is 6.61 Å². The van der Waals surface area contributed by atoms with E-state index in [1.54, 1.807) is 0 Å². The van der Waals surface area contributed by atoms with Gasteiger partial charge in [-0.05, 0) is 6.07 Å². The number of carboxylic acid groups (broad SMARTS) is 1. The Balaban J connectivity index is 2.86. The van der Waals surface area contributed by atoms with Gasteiger partial charge in [-0.1, -0.05) is 0 Å². The van der Waals surface area contributed by atoms with Gasteiger partial charge >= 0.3 is 5.97 Å². The molecule has 1 aromatic rings. The molecule has 1 aromatic heterocycles. The maximum Gasteiger partial charge on any atom is 0.328 e. The fraction of sp³-hybridized carbons (Fsp3) is 0.300. The minimum Gasteiger partial charge on any atom is -0.480 e. The van der Waals surface area contributed by atoms with Gasteiger partial charge in [0.2, 0.25) is 0 Å². The van der Waals surface area contributed by atoms with Gasteiger partial charge in [0, 0.05) is 24.9 Å². The molecule has 0 bridgehead atoms. The molecule has 0 aliphatic heterocycles. The first-order valence-electron chi connectivity index (χ1n) is 4.77. The summed E-state index contributed by atoms with van der Waals surface area (Å²) in [7, 11) is 1.53. The molecule has 0 aliphatic carbocycles. The zero-order chi connectivity index (χ0) is 13.0. The smallest absolute Gasteiger partial charge is 0.328 e. The van der Waals surface area contributed by atoms with E-state index in [4.69, 9.17) is 10.2 Å². The van der Waals surface area contributed by atoms with Crippen LogP contribution in [0.2, 0.25) is 0 Å². The summed E-state index contributed by atoms with van der Waals surface area (Å²) in [5, 5.41) is 19.4. The number of aryl methyl sites for hydroxylation is 1. The minimum atomic E-state index is -1.38. The Hall–Kier alpha value is -2.15. The standard InChI is InChI=1S/C10H12N2O5/c1-12-3-2-6(4-8(12)14)9(15)11-7(5-13)10(16)17/h2-4,7,13H,5H2,1H3,(H,11,15)(H,16,17)/t7-/m1/s1. The molecule has 0 fully saturated rings. The second-order valence-corrected chi connectivity index (χ2v) is 3.41. The molecular formula is C10H12N2O5. The van der Waals surface area contributed by atoms with Crippen molar-refractivity contribution < 1.29 is 19.8 Å². The van der Waals surface area contributed by atoms with Crippen molar-refractivity contribution in [2.24, 2.45) is 7.05 Å². The summed E-state index contributed by atoms with van der Waals surface area (Å²) in [5.74, 6) is -2.06. The van der Waals surface area contributed by atoms with E-state index in [1.165, 1.54) is 23.9 Å². The number of hydrogen-bond donors (Lipinski definition) is 3. The molecule has 92 valence electrons. The van der Waals surface area contributed by atoms with Gasteiger partial charge in [-0.15, -0.1) is 0 Å². The molecular weight excluding hydrogens is 228 g/mol. The third-order valence-electron chi connectivity index (χ3n) is 2.15. The second kappa shape index (κ2) is 5.26. The van der Waals surface area contributed by atoms with Crippen LogP contribution in [0.5, 0.6) is 0 Å². The van der Waals surface area contributed by atoms with E-state index in [0.29, 0.717) is 0 Å². The number of rotatable bonds is 4. The monoisotopic (exact) mass is 240 g/mol. The normalized spacial score (nSPS) is 11.9. The first-order valence-corrected chi connectivity index (χ1v) is 4.77. The first kappa shape index (κ1) is 12.9. The molecule has 7 nitrogen and oxygen atoms in total. The molecule has 1 amide bonds. The number of aromatic nitrogens is 1. The quantitative estimate of drug-likeness (QED) is 0.597. The Morgan fingerprint density at radius 3 is 2.65 bits per heavy atom. The highest BCUT2D eigenvalue weighted by Crippen LogP contribution is 1.95. The molecule has 17 heavy (non-hydrogen) atoms.